The van der Waals surface area contributed by atoms with Gasteiger partial charge in [-0.3, -0.25) is 9.69 Å². The van der Waals surface area contributed by atoms with Crippen LogP contribution in [-0.2, 0) is 4.79 Å². The van der Waals surface area contributed by atoms with E-state index in [1.165, 1.54) is 0 Å². The topological polar surface area (TPSA) is 69.9 Å². The lowest BCUT2D eigenvalue weighted by molar-refractivity contribution is -0.131. The molecule has 0 aromatic heterocycles. The summed E-state index contributed by atoms with van der Waals surface area (Å²) in [4.78, 5) is 29.4. The zero-order valence-electron chi connectivity index (χ0n) is 11.3. The largest absolute Gasteiger partial charge is 0.351 e. The van der Waals surface area contributed by atoms with Crippen molar-refractivity contribution < 1.29 is 9.59 Å². The smallest absolute Gasteiger partial charge is 0.316 e. The van der Waals surface area contributed by atoms with E-state index >= 15 is 0 Å². The van der Waals surface area contributed by atoms with Gasteiger partial charge in [-0.25, -0.2) is 4.79 Å². The summed E-state index contributed by atoms with van der Waals surface area (Å²) in [6.45, 7) is 3.31. The van der Waals surface area contributed by atoms with Gasteiger partial charge in [0.1, 0.15) is 0 Å². The molecule has 2 atom stereocenters. The van der Waals surface area contributed by atoms with Crippen LogP contribution in [0.4, 0.5) is 4.79 Å². The molecule has 0 radical (unpaired) electrons. The van der Waals surface area contributed by atoms with Crippen LogP contribution in [0.5, 0.6) is 0 Å². The number of amides is 3. The highest BCUT2D eigenvalue weighted by molar-refractivity contribution is 5.79. The summed E-state index contributed by atoms with van der Waals surface area (Å²) in [6.07, 6.45) is 4.98. The molecule has 3 aliphatic rings. The van der Waals surface area contributed by atoms with Gasteiger partial charge in [0, 0.05) is 38.6 Å². The first-order valence-corrected chi connectivity index (χ1v) is 7.26. The Morgan fingerprint density at radius 3 is 2.79 bits per heavy atom. The number of rotatable bonds is 1. The van der Waals surface area contributed by atoms with Gasteiger partial charge in [-0.2, -0.15) is 0 Å². The zero-order chi connectivity index (χ0) is 13.4. The van der Waals surface area contributed by atoms with Crippen molar-refractivity contribution in [3.05, 3.63) is 0 Å². The molecule has 2 N–H and O–H groups in total. The van der Waals surface area contributed by atoms with Gasteiger partial charge in [0.05, 0.1) is 6.17 Å². The number of likely N-dealkylation sites (tertiary alicyclic amines) is 1. The summed E-state index contributed by atoms with van der Waals surface area (Å²) in [6, 6.07) is 0.0348. The fourth-order valence-corrected chi connectivity index (χ4v) is 3.71. The van der Waals surface area contributed by atoms with Crippen molar-refractivity contribution in [1.82, 2.24) is 14.7 Å². The van der Waals surface area contributed by atoms with Crippen molar-refractivity contribution in [3.63, 3.8) is 0 Å². The molecule has 6 heteroatoms. The Labute approximate surface area is 113 Å². The lowest BCUT2D eigenvalue weighted by Gasteiger charge is -2.46. The van der Waals surface area contributed by atoms with E-state index in [-0.39, 0.29) is 12.2 Å². The van der Waals surface area contributed by atoms with Crippen LogP contribution in [0.15, 0.2) is 0 Å². The Bertz CT molecular complexity index is 387. The number of primary amides is 1. The van der Waals surface area contributed by atoms with Gasteiger partial charge in [-0.15, -0.1) is 0 Å². The van der Waals surface area contributed by atoms with Crippen molar-refractivity contribution in [2.24, 2.45) is 5.73 Å². The van der Waals surface area contributed by atoms with E-state index in [4.69, 9.17) is 5.73 Å². The molecular formula is C13H22N4O2. The van der Waals surface area contributed by atoms with Crippen LogP contribution in [0, 0.1) is 0 Å². The van der Waals surface area contributed by atoms with E-state index in [2.05, 4.69) is 4.90 Å². The molecule has 3 aliphatic heterocycles. The van der Waals surface area contributed by atoms with Crippen molar-refractivity contribution in [1.29, 1.82) is 0 Å². The number of carbonyl (C=O) groups is 2. The van der Waals surface area contributed by atoms with Crippen LogP contribution in [0.2, 0.25) is 0 Å². The minimum absolute atomic E-state index is 0.143. The number of urea groups is 1. The van der Waals surface area contributed by atoms with Crippen LogP contribution in [-0.4, -0.2) is 65.0 Å². The Balaban J connectivity index is 1.68. The van der Waals surface area contributed by atoms with E-state index in [0.717, 1.165) is 51.9 Å². The monoisotopic (exact) mass is 266 g/mol. The number of nitrogens with two attached hydrogens (primary N) is 1. The molecule has 106 valence electrons. The molecule has 0 aliphatic carbocycles. The molecule has 3 saturated heterocycles. The Morgan fingerprint density at radius 2 is 2.00 bits per heavy atom. The standard InChI is InChI=1S/C13H22N4O2/c14-13(19)17-6-2-1-3-11(17)15-7-8-16-10(9-15)4-5-12(16)18/h10-11H,1-9H2,(H2,14,19)/t10-,11?/m0/s1. The first kappa shape index (κ1) is 12.7. The number of piperazine rings is 1. The van der Waals surface area contributed by atoms with E-state index < -0.39 is 0 Å². The van der Waals surface area contributed by atoms with Crippen LogP contribution in [0.1, 0.15) is 32.1 Å². The third-order valence-corrected chi connectivity index (χ3v) is 4.70. The van der Waals surface area contributed by atoms with Gasteiger partial charge in [-0.05, 0) is 25.7 Å². The van der Waals surface area contributed by atoms with E-state index in [9.17, 15) is 9.59 Å². The Kier molecular flexibility index (Phi) is 3.35. The fourth-order valence-electron chi connectivity index (χ4n) is 3.71. The summed E-state index contributed by atoms with van der Waals surface area (Å²) in [7, 11) is 0. The summed E-state index contributed by atoms with van der Waals surface area (Å²) >= 11 is 0. The third kappa shape index (κ3) is 2.29. The predicted octanol–water partition coefficient (Wildman–Crippen LogP) is 0.184. The van der Waals surface area contributed by atoms with Gasteiger partial charge in [0.25, 0.3) is 0 Å². The average Bonchev–Trinajstić information content (AvgIpc) is 2.80. The lowest BCUT2D eigenvalue weighted by Crippen LogP contribution is -2.61. The molecule has 3 rings (SSSR count). The van der Waals surface area contributed by atoms with Gasteiger partial charge >= 0.3 is 6.03 Å². The number of hydrogen-bond donors (Lipinski definition) is 1. The van der Waals surface area contributed by atoms with Crippen molar-refractivity contribution in [2.75, 3.05) is 26.2 Å². The van der Waals surface area contributed by atoms with Crippen molar-refractivity contribution >= 4 is 11.9 Å². The molecule has 3 amide bonds. The molecule has 1 unspecified atom stereocenters. The van der Waals surface area contributed by atoms with Crippen LogP contribution >= 0.6 is 0 Å². The molecule has 3 fully saturated rings. The minimum atomic E-state index is -0.311. The number of carbonyl (C=O) groups excluding carboxylic acids is 2. The fraction of sp³-hybridized carbons (Fsp3) is 0.846. The average molecular weight is 266 g/mol. The molecule has 6 nitrogen and oxygen atoms in total. The summed E-state index contributed by atoms with van der Waals surface area (Å²) < 4.78 is 0. The quantitative estimate of drug-likeness (QED) is 0.736. The highest BCUT2D eigenvalue weighted by Gasteiger charge is 2.39. The van der Waals surface area contributed by atoms with E-state index in [1.807, 2.05) is 4.90 Å². The Hall–Kier alpha value is -1.30. The summed E-state index contributed by atoms with van der Waals surface area (Å²) in [5.74, 6) is 0.292. The number of piperidine rings is 1. The molecule has 0 spiro atoms. The molecule has 0 aromatic carbocycles. The van der Waals surface area contributed by atoms with Gasteiger partial charge in [0.2, 0.25) is 5.91 Å². The maximum atomic E-state index is 11.7. The molecule has 19 heavy (non-hydrogen) atoms. The van der Waals surface area contributed by atoms with Crippen LogP contribution in [0.25, 0.3) is 0 Å². The SMILES string of the molecule is NC(=O)N1CCCCC1N1CCN2C(=O)CC[C@H]2C1. The van der Waals surface area contributed by atoms with Crippen molar-refractivity contribution in [2.45, 2.75) is 44.3 Å². The first-order valence-electron chi connectivity index (χ1n) is 7.26. The Morgan fingerprint density at radius 1 is 1.16 bits per heavy atom. The highest BCUT2D eigenvalue weighted by atomic mass is 16.2. The van der Waals surface area contributed by atoms with Gasteiger partial charge < -0.3 is 15.5 Å². The second-order valence-electron chi connectivity index (χ2n) is 5.78. The third-order valence-electron chi connectivity index (χ3n) is 4.70. The number of hydrogen-bond acceptors (Lipinski definition) is 3. The number of nitrogens with zero attached hydrogens (tertiary/aromatic N) is 3. The van der Waals surface area contributed by atoms with Crippen LogP contribution in [0.3, 0.4) is 0 Å². The maximum absolute atomic E-state index is 11.7. The molecule has 3 heterocycles. The van der Waals surface area contributed by atoms with E-state index in [1.54, 1.807) is 4.90 Å². The van der Waals surface area contributed by atoms with Crippen LogP contribution < -0.4 is 5.73 Å². The molecular weight excluding hydrogens is 244 g/mol. The summed E-state index contributed by atoms with van der Waals surface area (Å²) in [5, 5.41) is 0. The lowest BCUT2D eigenvalue weighted by atomic mass is 10.0. The minimum Gasteiger partial charge on any atom is -0.351 e. The second-order valence-corrected chi connectivity index (χ2v) is 5.78. The maximum Gasteiger partial charge on any atom is 0.316 e. The highest BCUT2D eigenvalue weighted by Crippen LogP contribution is 2.27. The molecule has 0 saturated carbocycles. The number of fused-ring (bicyclic) bond motifs is 1. The predicted molar refractivity (Wildman–Crippen MR) is 70.2 cm³/mol. The summed E-state index contributed by atoms with van der Waals surface area (Å²) in [5.41, 5.74) is 5.49. The van der Waals surface area contributed by atoms with Gasteiger partial charge in [-0.1, -0.05) is 0 Å². The van der Waals surface area contributed by atoms with Crippen molar-refractivity contribution in [3.8, 4) is 0 Å². The normalized spacial score (nSPS) is 32.5. The van der Waals surface area contributed by atoms with E-state index in [0.29, 0.717) is 18.4 Å². The zero-order valence-corrected chi connectivity index (χ0v) is 11.3. The van der Waals surface area contributed by atoms with Gasteiger partial charge in [0.15, 0.2) is 0 Å². The molecule has 0 aromatic rings. The first-order chi connectivity index (χ1) is 9.16. The molecule has 0 bridgehead atoms. The second kappa shape index (κ2) is 5.00.